The molecule has 0 bridgehead atoms. The van der Waals surface area contributed by atoms with E-state index in [4.69, 9.17) is 23.2 Å². The Hall–Kier alpha value is -1.60. The van der Waals surface area contributed by atoms with Crippen molar-refractivity contribution in [2.75, 3.05) is 11.9 Å². The Labute approximate surface area is 180 Å². The highest BCUT2D eigenvalue weighted by Gasteiger charge is 2.51. The fraction of sp³-hybridized carbons (Fsp3) is 0.333. The number of halogens is 3. The second kappa shape index (κ2) is 7.58. The molecule has 1 heterocycles. The molecule has 0 spiro atoms. The van der Waals surface area contributed by atoms with Crippen molar-refractivity contribution in [3.05, 3.63) is 70.0 Å². The second-order valence-corrected chi connectivity index (χ2v) is 10.2. The molecule has 0 saturated heterocycles. The molecule has 2 aliphatic rings. The molecule has 0 radical (unpaired) electrons. The van der Waals surface area contributed by atoms with Gasteiger partial charge in [0.25, 0.3) is 0 Å². The highest BCUT2D eigenvalue weighted by molar-refractivity contribution is 7.89. The number of hydrogen-bond acceptors (Lipinski definition) is 3. The molecule has 1 aliphatic heterocycles. The molecule has 8 heteroatoms. The molecule has 4 nitrogen and oxygen atoms in total. The van der Waals surface area contributed by atoms with Gasteiger partial charge in [-0.05, 0) is 67.6 Å². The molecule has 4 rings (SSSR count). The van der Waals surface area contributed by atoms with E-state index in [9.17, 15) is 12.8 Å². The molecule has 2 unspecified atom stereocenters. The molecule has 2 aromatic carbocycles. The number of nitrogens with one attached hydrogen (secondary N) is 2. The van der Waals surface area contributed by atoms with Crippen LogP contribution in [0.5, 0.6) is 0 Å². The van der Waals surface area contributed by atoms with Crippen LogP contribution in [0.4, 0.5) is 10.1 Å². The SMILES string of the molecule is C=C1CCCC2Nc3c(F)cc(Cl)cc3C12CCNS(=O)(=O)c1ccc(Cl)cc1. The van der Waals surface area contributed by atoms with Gasteiger partial charge in [-0.15, -0.1) is 0 Å². The maximum Gasteiger partial charge on any atom is 0.240 e. The van der Waals surface area contributed by atoms with E-state index < -0.39 is 21.3 Å². The van der Waals surface area contributed by atoms with Crippen molar-refractivity contribution in [3.63, 3.8) is 0 Å². The van der Waals surface area contributed by atoms with Crippen LogP contribution in [0.2, 0.25) is 10.0 Å². The molecular formula is C21H21Cl2FN2O2S. The van der Waals surface area contributed by atoms with Gasteiger partial charge < -0.3 is 5.32 Å². The lowest BCUT2D eigenvalue weighted by molar-refractivity contribution is 0.344. The molecule has 1 aliphatic carbocycles. The van der Waals surface area contributed by atoms with Crippen LogP contribution in [0.1, 0.15) is 31.2 Å². The summed E-state index contributed by atoms with van der Waals surface area (Å²) in [5.74, 6) is -0.393. The van der Waals surface area contributed by atoms with E-state index >= 15 is 0 Å². The van der Waals surface area contributed by atoms with Crippen molar-refractivity contribution in [3.8, 4) is 0 Å². The summed E-state index contributed by atoms with van der Waals surface area (Å²) >= 11 is 12.0. The lowest BCUT2D eigenvalue weighted by Gasteiger charge is -2.42. The Morgan fingerprint density at radius 3 is 2.66 bits per heavy atom. The van der Waals surface area contributed by atoms with Gasteiger partial charge in [0.1, 0.15) is 5.82 Å². The second-order valence-electron chi connectivity index (χ2n) is 7.58. The van der Waals surface area contributed by atoms with Gasteiger partial charge in [-0.2, -0.15) is 0 Å². The van der Waals surface area contributed by atoms with Gasteiger partial charge >= 0.3 is 0 Å². The predicted octanol–water partition coefficient (Wildman–Crippen LogP) is 5.27. The first-order valence-corrected chi connectivity index (χ1v) is 11.7. The van der Waals surface area contributed by atoms with Crippen LogP contribution in [-0.4, -0.2) is 21.0 Å². The van der Waals surface area contributed by atoms with Crippen LogP contribution in [0.25, 0.3) is 0 Å². The molecule has 1 saturated carbocycles. The molecule has 0 aromatic heterocycles. The Kier molecular flexibility index (Phi) is 5.40. The predicted molar refractivity (Wildman–Crippen MR) is 115 cm³/mol. The lowest BCUT2D eigenvalue weighted by atomic mass is 9.63. The van der Waals surface area contributed by atoms with Crippen LogP contribution in [0, 0.1) is 5.82 Å². The van der Waals surface area contributed by atoms with E-state index in [1.807, 2.05) is 0 Å². The first-order valence-electron chi connectivity index (χ1n) is 9.43. The zero-order chi connectivity index (χ0) is 20.8. The van der Waals surface area contributed by atoms with E-state index in [-0.39, 0.29) is 17.5 Å². The fourth-order valence-electron chi connectivity index (χ4n) is 4.62. The number of sulfonamides is 1. The van der Waals surface area contributed by atoms with Crippen molar-refractivity contribution in [2.45, 2.75) is 42.0 Å². The number of anilines is 1. The van der Waals surface area contributed by atoms with Gasteiger partial charge in [-0.3, -0.25) is 0 Å². The summed E-state index contributed by atoms with van der Waals surface area (Å²) in [6.45, 7) is 4.46. The third-order valence-electron chi connectivity index (χ3n) is 5.99. The molecule has 2 aromatic rings. The summed E-state index contributed by atoms with van der Waals surface area (Å²) in [4.78, 5) is 0.150. The summed E-state index contributed by atoms with van der Waals surface area (Å²) in [6.07, 6.45) is 3.09. The topological polar surface area (TPSA) is 58.2 Å². The number of benzene rings is 2. The zero-order valence-corrected chi connectivity index (χ0v) is 18.0. The van der Waals surface area contributed by atoms with Crippen LogP contribution in [0.15, 0.2) is 53.4 Å². The van der Waals surface area contributed by atoms with Crippen molar-refractivity contribution < 1.29 is 12.8 Å². The molecular weight excluding hydrogens is 434 g/mol. The largest absolute Gasteiger partial charge is 0.378 e. The van der Waals surface area contributed by atoms with E-state index in [1.165, 1.54) is 30.3 Å². The lowest BCUT2D eigenvalue weighted by Crippen LogP contribution is -2.45. The standard InChI is InChI=1S/C21H21Cl2FN2O2S/c1-13-3-2-4-19-21(13,17-11-15(23)12-18(24)20(17)26-19)9-10-25-29(27,28)16-7-5-14(22)6-8-16/h5-8,11-12,19,25-26H,1-4,9-10H2. The summed E-state index contributed by atoms with van der Waals surface area (Å²) in [5, 5.41) is 4.09. The number of rotatable bonds is 5. The Morgan fingerprint density at radius 1 is 1.21 bits per heavy atom. The van der Waals surface area contributed by atoms with Crippen molar-refractivity contribution in [1.82, 2.24) is 4.72 Å². The van der Waals surface area contributed by atoms with Gasteiger partial charge in [0.15, 0.2) is 0 Å². The minimum atomic E-state index is -3.68. The molecule has 154 valence electrons. The average Bonchev–Trinajstić information content (AvgIpc) is 2.98. The minimum Gasteiger partial charge on any atom is -0.378 e. The number of hydrogen-bond donors (Lipinski definition) is 2. The zero-order valence-electron chi connectivity index (χ0n) is 15.6. The maximum atomic E-state index is 14.6. The van der Waals surface area contributed by atoms with Crippen LogP contribution >= 0.6 is 23.2 Å². The monoisotopic (exact) mass is 454 g/mol. The maximum absolute atomic E-state index is 14.6. The third kappa shape index (κ3) is 3.56. The van der Waals surface area contributed by atoms with Crippen molar-refractivity contribution >= 4 is 38.9 Å². The van der Waals surface area contributed by atoms with Crippen molar-refractivity contribution in [1.29, 1.82) is 0 Å². The quantitative estimate of drug-likeness (QED) is 0.604. The summed E-state index contributed by atoms with van der Waals surface area (Å²) in [5.41, 5.74) is 1.64. The average molecular weight is 455 g/mol. The van der Waals surface area contributed by atoms with Crippen LogP contribution < -0.4 is 10.0 Å². The minimum absolute atomic E-state index is 0.0354. The van der Waals surface area contributed by atoms with Gasteiger partial charge in [0.05, 0.1) is 10.6 Å². The van der Waals surface area contributed by atoms with Crippen LogP contribution in [-0.2, 0) is 15.4 Å². The van der Waals surface area contributed by atoms with E-state index in [0.717, 1.165) is 30.4 Å². The Morgan fingerprint density at radius 2 is 1.93 bits per heavy atom. The molecule has 0 amide bonds. The van der Waals surface area contributed by atoms with Crippen LogP contribution in [0.3, 0.4) is 0 Å². The smallest absolute Gasteiger partial charge is 0.240 e. The summed E-state index contributed by atoms with van der Waals surface area (Å²) in [6, 6.07) is 9.04. The van der Waals surface area contributed by atoms with E-state index in [0.29, 0.717) is 22.2 Å². The van der Waals surface area contributed by atoms with Gasteiger partial charge in [-0.25, -0.2) is 17.5 Å². The summed E-state index contributed by atoms with van der Waals surface area (Å²) < 4.78 is 42.5. The molecule has 1 fully saturated rings. The molecule has 29 heavy (non-hydrogen) atoms. The van der Waals surface area contributed by atoms with Gasteiger partial charge in [0, 0.05) is 28.0 Å². The van der Waals surface area contributed by atoms with Gasteiger partial charge in [0.2, 0.25) is 10.0 Å². The first kappa shape index (κ1) is 20.7. The molecule has 2 N–H and O–H groups in total. The Balaban J connectivity index is 1.62. The highest BCUT2D eigenvalue weighted by atomic mass is 35.5. The van der Waals surface area contributed by atoms with Gasteiger partial charge in [-0.1, -0.05) is 35.4 Å². The highest BCUT2D eigenvalue weighted by Crippen LogP contribution is 2.54. The first-order chi connectivity index (χ1) is 13.7. The number of fused-ring (bicyclic) bond motifs is 3. The van der Waals surface area contributed by atoms with E-state index in [1.54, 1.807) is 6.07 Å². The molecule has 2 atom stereocenters. The van der Waals surface area contributed by atoms with Crippen molar-refractivity contribution in [2.24, 2.45) is 0 Å². The fourth-order valence-corrected chi connectivity index (χ4v) is 5.98. The van der Waals surface area contributed by atoms with E-state index in [2.05, 4.69) is 16.6 Å². The normalized spacial score (nSPS) is 23.4. The third-order valence-corrected chi connectivity index (χ3v) is 7.93. The Bertz CT molecular complexity index is 1070. The summed E-state index contributed by atoms with van der Waals surface area (Å²) in [7, 11) is -3.68.